The fourth-order valence-corrected chi connectivity index (χ4v) is 2.12. The zero-order valence-corrected chi connectivity index (χ0v) is 9.74. The summed E-state index contributed by atoms with van der Waals surface area (Å²) in [6.07, 6.45) is 3.19. The highest BCUT2D eigenvalue weighted by Crippen LogP contribution is 2.23. The molecule has 0 saturated carbocycles. The topological polar surface area (TPSA) is 81.1 Å². The average Bonchev–Trinajstić information content (AvgIpc) is 2.85. The molecule has 5 nitrogen and oxygen atoms in total. The van der Waals surface area contributed by atoms with Crippen molar-refractivity contribution in [3.8, 4) is 0 Å². The van der Waals surface area contributed by atoms with Gasteiger partial charge in [0.1, 0.15) is 5.76 Å². The van der Waals surface area contributed by atoms with Gasteiger partial charge in [-0.3, -0.25) is 10.2 Å². The van der Waals surface area contributed by atoms with Crippen molar-refractivity contribution in [3.63, 3.8) is 0 Å². The molecule has 0 atom stereocenters. The lowest BCUT2D eigenvalue weighted by molar-refractivity contribution is 0.0952. The van der Waals surface area contributed by atoms with Crippen LogP contribution in [-0.4, -0.2) is 10.9 Å². The van der Waals surface area contributed by atoms with Crippen molar-refractivity contribution in [1.82, 2.24) is 10.4 Å². The van der Waals surface area contributed by atoms with Crippen LogP contribution in [0.3, 0.4) is 0 Å². The van der Waals surface area contributed by atoms with Crippen LogP contribution < -0.4 is 11.3 Å². The molecule has 2 aromatic heterocycles. The number of hydrogen-bond donors (Lipinski definition) is 2. The van der Waals surface area contributed by atoms with Gasteiger partial charge in [0.2, 0.25) is 0 Å². The van der Waals surface area contributed by atoms with Crippen LogP contribution in [0.2, 0.25) is 0 Å². The zero-order chi connectivity index (χ0) is 12.1. The standard InChI is InChI=1S/C11H11N3O2S/c12-14-11(15)8-4-6-16-9(8)7-17-10-3-1-2-5-13-10/h1-6H,7,12H2,(H,14,15). The summed E-state index contributed by atoms with van der Waals surface area (Å²) in [4.78, 5) is 15.6. The van der Waals surface area contributed by atoms with E-state index in [1.807, 2.05) is 18.2 Å². The first kappa shape index (κ1) is 11.7. The lowest BCUT2D eigenvalue weighted by Gasteiger charge is -2.01. The van der Waals surface area contributed by atoms with Gasteiger partial charge in [0.25, 0.3) is 5.91 Å². The predicted molar refractivity (Wildman–Crippen MR) is 64.2 cm³/mol. The highest BCUT2D eigenvalue weighted by Gasteiger charge is 2.13. The van der Waals surface area contributed by atoms with E-state index in [9.17, 15) is 4.79 Å². The fourth-order valence-electron chi connectivity index (χ4n) is 1.30. The second-order valence-corrected chi connectivity index (χ2v) is 4.18. The number of furan rings is 1. The van der Waals surface area contributed by atoms with Gasteiger partial charge in [-0.05, 0) is 18.2 Å². The fraction of sp³-hybridized carbons (Fsp3) is 0.0909. The van der Waals surface area contributed by atoms with Crippen molar-refractivity contribution in [3.05, 3.63) is 48.0 Å². The molecule has 88 valence electrons. The molecule has 0 aliphatic carbocycles. The van der Waals surface area contributed by atoms with Gasteiger partial charge in [-0.1, -0.05) is 17.8 Å². The molecule has 0 fully saturated rings. The van der Waals surface area contributed by atoms with Gasteiger partial charge in [0.15, 0.2) is 0 Å². The van der Waals surface area contributed by atoms with Crippen LogP contribution in [0.1, 0.15) is 16.1 Å². The van der Waals surface area contributed by atoms with Crippen LogP contribution in [0.4, 0.5) is 0 Å². The molecular weight excluding hydrogens is 238 g/mol. The third-order valence-corrected chi connectivity index (χ3v) is 3.05. The number of hydrogen-bond acceptors (Lipinski definition) is 5. The third-order valence-electron chi connectivity index (χ3n) is 2.11. The smallest absolute Gasteiger partial charge is 0.268 e. The summed E-state index contributed by atoms with van der Waals surface area (Å²) in [5.74, 6) is 5.85. The summed E-state index contributed by atoms with van der Waals surface area (Å²) in [6, 6.07) is 7.25. The minimum Gasteiger partial charge on any atom is -0.468 e. The maximum absolute atomic E-state index is 11.4. The van der Waals surface area contributed by atoms with E-state index in [1.165, 1.54) is 18.0 Å². The van der Waals surface area contributed by atoms with E-state index < -0.39 is 0 Å². The molecule has 0 unspecified atom stereocenters. The molecule has 0 aliphatic rings. The maximum Gasteiger partial charge on any atom is 0.268 e. The Labute approximate surface area is 102 Å². The van der Waals surface area contributed by atoms with Crippen LogP contribution in [0.25, 0.3) is 0 Å². The van der Waals surface area contributed by atoms with Gasteiger partial charge in [-0.25, -0.2) is 10.8 Å². The number of thioether (sulfide) groups is 1. The van der Waals surface area contributed by atoms with Crippen molar-refractivity contribution in [2.75, 3.05) is 0 Å². The van der Waals surface area contributed by atoms with E-state index in [0.717, 1.165) is 5.03 Å². The number of nitrogen functional groups attached to an aromatic ring is 1. The van der Waals surface area contributed by atoms with E-state index in [4.69, 9.17) is 10.3 Å². The van der Waals surface area contributed by atoms with Gasteiger partial charge in [-0.2, -0.15) is 0 Å². The highest BCUT2D eigenvalue weighted by atomic mass is 32.2. The Morgan fingerprint density at radius 3 is 3.06 bits per heavy atom. The minimum atomic E-state index is -0.352. The normalized spacial score (nSPS) is 10.2. The molecule has 0 aliphatic heterocycles. The van der Waals surface area contributed by atoms with Gasteiger partial charge in [0, 0.05) is 6.20 Å². The van der Waals surface area contributed by atoms with Crippen molar-refractivity contribution < 1.29 is 9.21 Å². The van der Waals surface area contributed by atoms with E-state index in [-0.39, 0.29) is 5.91 Å². The first-order valence-electron chi connectivity index (χ1n) is 4.92. The van der Waals surface area contributed by atoms with E-state index in [2.05, 4.69) is 10.4 Å². The van der Waals surface area contributed by atoms with E-state index in [0.29, 0.717) is 17.1 Å². The first-order chi connectivity index (χ1) is 8.31. The summed E-state index contributed by atoms with van der Waals surface area (Å²) < 4.78 is 5.24. The average molecular weight is 249 g/mol. The van der Waals surface area contributed by atoms with Crippen LogP contribution >= 0.6 is 11.8 Å². The van der Waals surface area contributed by atoms with Crippen molar-refractivity contribution in [2.24, 2.45) is 5.84 Å². The zero-order valence-electron chi connectivity index (χ0n) is 8.92. The van der Waals surface area contributed by atoms with Crippen LogP contribution in [0, 0.1) is 0 Å². The second kappa shape index (κ2) is 5.51. The molecule has 6 heteroatoms. The molecule has 2 aromatic rings. The molecule has 0 aromatic carbocycles. The lowest BCUT2D eigenvalue weighted by Crippen LogP contribution is -2.30. The SMILES string of the molecule is NNC(=O)c1ccoc1CSc1ccccn1. The Morgan fingerprint density at radius 1 is 1.47 bits per heavy atom. The summed E-state index contributed by atoms with van der Waals surface area (Å²) >= 11 is 1.49. The molecule has 2 rings (SSSR count). The monoisotopic (exact) mass is 249 g/mol. The van der Waals surface area contributed by atoms with Crippen LogP contribution in [-0.2, 0) is 5.75 Å². The third kappa shape index (κ3) is 2.86. The molecule has 0 bridgehead atoms. The Hall–Kier alpha value is -1.79. The number of pyridine rings is 1. The molecule has 1 amide bonds. The van der Waals surface area contributed by atoms with E-state index >= 15 is 0 Å². The quantitative estimate of drug-likeness (QED) is 0.372. The van der Waals surface area contributed by atoms with Gasteiger partial charge < -0.3 is 4.42 Å². The summed E-state index contributed by atoms with van der Waals surface area (Å²) in [6.45, 7) is 0. The molecule has 17 heavy (non-hydrogen) atoms. The molecule has 3 N–H and O–H groups in total. The molecular formula is C11H11N3O2S. The number of carbonyl (C=O) groups is 1. The highest BCUT2D eigenvalue weighted by molar-refractivity contribution is 7.98. The lowest BCUT2D eigenvalue weighted by atomic mass is 10.2. The molecule has 0 saturated heterocycles. The summed E-state index contributed by atoms with van der Waals surface area (Å²) in [5.41, 5.74) is 2.54. The Bertz CT molecular complexity index is 498. The predicted octanol–water partition coefficient (Wildman–Crippen LogP) is 1.57. The molecule has 0 radical (unpaired) electrons. The summed E-state index contributed by atoms with van der Waals surface area (Å²) in [5, 5.41) is 0.878. The number of nitrogens with zero attached hydrogens (tertiary/aromatic N) is 1. The van der Waals surface area contributed by atoms with Crippen molar-refractivity contribution >= 4 is 17.7 Å². The maximum atomic E-state index is 11.4. The first-order valence-corrected chi connectivity index (χ1v) is 5.91. The number of rotatable bonds is 4. The number of hydrazine groups is 1. The second-order valence-electron chi connectivity index (χ2n) is 3.19. The number of nitrogens with two attached hydrogens (primary N) is 1. The van der Waals surface area contributed by atoms with E-state index in [1.54, 1.807) is 12.3 Å². The number of carbonyl (C=O) groups excluding carboxylic acids is 1. The largest absolute Gasteiger partial charge is 0.468 e. The number of amides is 1. The number of aromatic nitrogens is 1. The van der Waals surface area contributed by atoms with Crippen LogP contribution in [0.5, 0.6) is 0 Å². The Morgan fingerprint density at radius 2 is 2.35 bits per heavy atom. The van der Waals surface area contributed by atoms with Gasteiger partial charge >= 0.3 is 0 Å². The van der Waals surface area contributed by atoms with Gasteiger partial charge in [-0.15, -0.1) is 0 Å². The number of nitrogens with one attached hydrogen (secondary N) is 1. The minimum absolute atomic E-state index is 0.352. The van der Waals surface area contributed by atoms with Gasteiger partial charge in [0.05, 0.1) is 22.6 Å². The van der Waals surface area contributed by atoms with Crippen LogP contribution in [0.15, 0.2) is 46.2 Å². The Kier molecular flexibility index (Phi) is 3.79. The Balaban J connectivity index is 2.05. The summed E-state index contributed by atoms with van der Waals surface area (Å²) in [7, 11) is 0. The molecule has 2 heterocycles. The van der Waals surface area contributed by atoms with Crippen molar-refractivity contribution in [2.45, 2.75) is 10.8 Å². The molecule has 0 spiro atoms. The van der Waals surface area contributed by atoms with Crippen molar-refractivity contribution in [1.29, 1.82) is 0 Å².